The molecule has 0 heterocycles. The Balaban J connectivity index is 2.06. The minimum Gasteiger partial charge on any atom is -0.354 e. The summed E-state index contributed by atoms with van der Waals surface area (Å²) in [6.07, 6.45) is 0.343. The van der Waals surface area contributed by atoms with Crippen molar-refractivity contribution in [3.63, 3.8) is 0 Å². The van der Waals surface area contributed by atoms with Crippen LogP contribution in [0.15, 0.2) is 77.7 Å². The monoisotopic (exact) mass is 603 g/mol. The van der Waals surface area contributed by atoms with Gasteiger partial charge in [0.1, 0.15) is 12.6 Å². The largest absolute Gasteiger partial charge is 0.354 e. The van der Waals surface area contributed by atoms with Crippen molar-refractivity contribution in [2.75, 3.05) is 17.4 Å². The molecule has 40 heavy (non-hydrogen) atoms. The van der Waals surface area contributed by atoms with Gasteiger partial charge < -0.3 is 10.2 Å². The molecular formula is C30H35Cl2N3O4S. The standard InChI is InChI=1S/C30H35Cl2N3O4S/c1-5-28(30(37)33-18-21(2)3)34(19-23-13-11-22(4)12-14-23)29(36)20-35(26-16-24(31)15-25(32)17-26)40(38,39)27-9-7-6-8-10-27/h6-17,21,28H,5,18-20H2,1-4H3,(H,33,37)/t28-/m1/s1. The summed E-state index contributed by atoms with van der Waals surface area (Å²) < 4.78 is 28.7. The molecule has 214 valence electrons. The molecule has 7 nitrogen and oxygen atoms in total. The van der Waals surface area contributed by atoms with Crippen molar-refractivity contribution in [3.05, 3.63) is 94.0 Å². The fraction of sp³-hybridized carbons (Fsp3) is 0.333. The summed E-state index contributed by atoms with van der Waals surface area (Å²) in [6.45, 7) is 7.78. The number of hydrogen-bond acceptors (Lipinski definition) is 4. The maximum absolute atomic E-state index is 14.1. The molecular weight excluding hydrogens is 569 g/mol. The van der Waals surface area contributed by atoms with Crippen molar-refractivity contribution in [1.29, 1.82) is 0 Å². The second-order valence-electron chi connectivity index (χ2n) is 10.0. The number of carbonyl (C=O) groups is 2. The first-order valence-electron chi connectivity index (χ1n) is 13.1. The van der Waals surface area contributed by atoms with E-state index < -0.39 is 28.5 Å². The fourth-order valence-corrected chi connectivity index (χ4v) is 6.10. The predicted molar refractivity (Wildman–Crippen MR) is 161 cm³/mol. The number of rotatable bonds is 12. The van der Waals surface area contributed by atoms with Crippen LogP contribution in [0.3, 0.4) is 0 Å². The molecule has 0 aliphatic heterocycles. The molecule has 1 atom stereocenters. The highest BCUT2D eigenvalue weighted by molar-refractivity contribution is 7.92. The van der Waals surface area contributed by atoms with Gasteiger partial charge in [-0.2, -0.15) is 0 Å². The van der Waals surface area contributed by atoms with Crippen LogP contribution < -0.4 is 9.62 Å². The van der Waals surface area contributed by atoms with Crippen molar-refractivity contribution in [2.45, 2.75) is 51.6 Å². The SMILES string of the molecule is CC[C@H](C(=O)NCC(C)C)N(Cc1ccc(C)cc1)C(=O)CN(c1cc(Cl)cc(Cl)c1)S(=O)(=O)c1ccccc1. The number of carbonyl (C=O) groups excluding carboxylic acids is 2. The van der Waals surface area contributed by atoms with Gasteiger partial charge in [0.05, 0.1) is 10.6 Å². The summed E-state index contributed by atoms with van der Waals surface area (Å²) in [5.41, 5.74) is 2.01. The van der Waals surface area contributed by atoms with Crippen molar-refractivity contribution in [3.8, 4) is 0 Å². The van der Waals surface area contributed by atoms with Crippen LogP contribution in [0.2, 0.25) is 10.0 Å². The number of nitrogens with one attached hydrogen (secondary N) is 1. The molecule has 10 heteroatoms. The van der Waals surface area contributed by atoms with Crippen LogP contribution in [0, 0.1) is 12.8 Å². The Morgan fingerprint density at radius 3 is 2.08 bits per heavy atom. The molecule has 0 saturated carbocycles. The quantitative estimate of drug-likeness (QED) is 0.272. The lowest BCUT2D eigenvalue weighted by Crippen LogP contribution is -2.52. The number of nitrogens with zero attached hydrogens (tertiary/aromatic N) is 2. The van der Waals surface area contributed by atoms with E-state index in [2.05, 4.69) is 5.32 Å². The van der Waals surface area contributed by atoms with Crippen molar-refractivity contribution < 1.29 is 18.0 Å². The zero-order valence-electron chi connectivity index (χ0n) is 23.1. The number of halogens is 2. The predicted octanol–water partition coefficient (Wildman–Crippen LogP) is 6.08. The number of benzene rings is 3. The number of hydrogen-bond donors (Lipinski definition) is 1. The van der Waals surface area contributed by atoms with Crippen molar-refractivity contribution in [2.24, 2.45) is 5.92 Å². The molecule has 3 aromatic carbocycles. The molecule has 0 saturated heterocycles. The molecule has 0 radical (unpaired) electrons. The second kappa shape index (κ2) is 14.0. The molecule has 0 unspecified atom stereocenters. The average Bonchev–Trinajstić information content (AvgIpc) is 2.91. The topological polar surface area (TPSA) is 86.8 Å². The summed E-state index contributed by atoms with van der Waals surface area (Å²) in [5.74, 6) is -0.607. The summed E-state index contributed by atoms with van der Waals surface area (Å²) in [4.78, 5) is 28.8. The average molecular weight is 605 g/mol. The maximum Gasteiger partial charge on any atom is 0.264 e. The lowest BCUT2D eigenvalue weighted by molar-refractivity contribution is -0.140. The third-order valence-corrected chi connectivity index (χ3v) is 8.51. The maximum atomic E-state index is 14.1. The summed E-state index contributed by atoms with van der Waals surface area (Å²) in [5, 5.41) is 3.36. The van der Waals surface area contributed by atoms with E-state index in [9.17, 15) is 18.0 Å². The molecule has 1 N–H and O–H groups in total. The molecule has 3 aromatic rings. The van der Waals surface area contributed by atoms with Crippen LogP contribution in [-0.2, 0) is 26.2 Å². The third kappa shape index (κ3) is 8.22. The van der Waals surface area contributed by atoms with E-state index in [0.29, 0.717) is 13.0 Å². The Morgan fingerprint density at radius 2 is 1.52 bits per heavy atom. The van der Waals surface area contributed by atoms with Crippen LogP contribution in [0.1, 0.15) is 38.3 Å². The van der Waals surface area contributed by atoms with Crippen LogP contribution in [0.5, 0.6) is 0 Å². The Hall–Kier alpha value is -3.07. The van der Waals surface area contributed by atoms with E-state index in [1.165, 1.54) is 35.2 Å². The fourth-order valence-electron chi connectivity index (χ4n) is 4.16. The minimum atomic E-state index is -4.20. The van der Waals surface area contributed by atoms with Gasteiger partial charge in [-0.25, -0.2) is 8.42 Å². The number of amides is 2. The Morgan fingerprint density at radius 1 is 0.925 bits per heavy atom. The molecule has 0 aliphatic rings. The van der Waals surface area contributed by atoms with Gasteiger partial charge >= 0.3 is 0 Å². The van der Waals surface area contributed by atoms with Crippen LogP contribution in [-0.4, -0.2) is 44.3 Å². The first-order valence-corrected chi connectivity index (χ1v) is 15.3. The van der Waals surface area contributed by atoms with Gasteiger partial charge in [-0.05, 0) is 55.2 Å². The van der Waals surface area contributed by atoms with Crippen LogP contribution in [0.4, 0.5) is 5.69 Å². The highest BCUT2D eigenvalue weighted by Crippen LogP contribution is 2.30. The molecule has 0 spiro atoms. The van der Waals surface area contributed by atoms with E-state index in [1.54, 1.807) is 18.2 Å². The van der Waals surface area contributed by atoms with Gasteiger partial charge in [-0.15, -0.1) is 0 Å². The van der Waals surface area contributed by atoms with E-state index in [0.717, 1.165) is 15.4 Å². The number of anilines is 1. The van der Waals surface area contributed by atoms with Gasteiger partial charge in [0.25, 0.3) is 10.0 Å². The number of sulfonamides is 1. The zero-order chi connectivity index (χ0) is 29.4. The summed E-state index contributed by atoms with van der Waals surface area (Å²) in [6, 6.07) is 19.0. The Labute approximate surface area is 247 Å². The van der Waals surface area contributed by atoms with E-state index >= 15 is 0 Å². The summed E-state index contributed by atoms with van der Waals surface area (Å²) >= 11 is 12.5. The van der Waals surface area contributed by atoms with Crippen LogP contribution >= 0.6 is 23.2 Å². The smallest absolute Gasteiger partial charge is 0.264 e. The molecule has 0 fully saturated rings. The molecule has 3 rings (SSSR count). The van der Waals surface area contributed by atoms with Gasteiger partial charge in [0, 0.05) is 23.1 Å². The van der Waals surface area contributed by atoms with Crippen LogP contribution in [0.25, 0.3) is 0 Å². The highest BCUT2D eigenvalue weighted by atomic mass is 35.5. The third-order valence-electron chi connectivity index (χ3n) is 6.29. The van der Waals surface area contributed by atoms with Gasteiger partial charge in [-0.1, -0.05) is 92.0 Å². The summed E-state index contributed by atoms with van der Waals surface area (Å²) in [7, 11) is -4.20. The van der Waals surface area contributed by atoms with E-state index in [1.807, 2.05) is 52.0 Å². The second-order valence-corrected chi connectivity index (χ2v) is 12.8. The number of aryl methyl sites for hydroxylation is 1. The molecule has 0 aromatic heterocycles. The van der Waals surface area contributed by atoms with E-state index in [4.69, 9.17) is 23.2 Å². The minimum absolute atomic E-state index is 0.00528. The van der Waals surface area contributed by atoms with Crippen molar-refractivity contribution in [1.82, 2.24) is 10.2 Å². The Bertz CT molecular complexity index is 1390. The Kier molecular flexibility index (Phi) is 11.0. The normalized spacial score (nSPS) is 12.2. The first kappa shape index (κ1) is 31.5. The van der Waals surface area contributed by atoms with Gasteiger partial charge in [0.2, 0.25) is 11.8 Å². The molecule has 0 bridgehead atoms. The first-order chi connectivity index (χ1) is 18.9. The van der Waals surface area contributed by atoms with Gasteiger partial charge in [-0.3, -0.25) is 13.9 Å². The molecule has 0 aliphatic carbocycles. The van der Waals surface area contributed by atoms with E-state index in [-0.39, 0.29) is 39.0 Å². The molecule has 2 amide bonds. The zero-order valence-corrected chi connectivity index (χ0v) is 25.4. The van der Waals surface area contributed by atoms with Crippen molar-refractivity contribution >= 4 is 50.7 Å². The van der Waals surface area contributed by atoms with Gasteiger partial charge in [0.15, 0.2) is 0 Å². The lowest BCUT2D eigenvalue weighted by Gasteiger charge is -2.33. The lowest BCUT2D eigenvalue weighted by atomic mass is 10.1. The highest BCUT2D eigenvalue weighted by Gasteiger charge is 2.34.